The predicted octanol–water partition coefficient (Wildman–Crippen LogP) is 3.95. The van der Waals surface area contributed by atoms with Gasteiger partial charge in [-0.3, -0.25) is 0 Å². The Morgan fingerprint density at radius 2 is 1.79 bits per heavy atom. The van der Waals surface area contributed by atoms with Crippen LogP contribution in [0, 0.1) is 0 Å². The first-order valence-electron chi connectivity index (χ1n) is 6.31. The lowest BCUT2D eigenvalue weighted by Crippen LogP contribution is -2.05. The summed E-state index contributed by atoms with van der Waals surface area (Å²) in [6.07, 6.45) is 6.63. The van der Waals surface area contributed by atoms with Gasteiger partial charge in [0.1, 0.15) is 6.33 Å². The second kappa shape index (κ2) is 5.02. The van der Waals surface area contributed by atoms with Crippen molar-refractivity contribution in [3.63, 3.8) is 0 Å². The van der Waals surface area contributed by atoms with Crippen LogP contribution in [0.4, 0.5) is 5.69 Å². The van der Waals surface area contributed by atoms with Gasteiger partial charge in [0.05, 0.1) is 15.7 Å². The van der Waals surface area contributed by atoms with Gasteiger partial charge in [-0.15, -0.1) is 10.2 Å². The van der Waals surface area contributed by atoms with E-state index in [2.05, 4.69) is 14.8 Å². The van der Waals surface area contributed by atoms with Crippen LogP contribution >= 0.6 is 23.2 Å². The fourth-order valence-electron chi connectivity index (χ4n) is 2.61. The normalized spacial score (nSPS) is 16.1. The van der Waals surface area contributed by atoms with Crippen molar-refractivity contribution in [1.82, 2.24) is 14.8 Å². The molecule has 0 spiro atoms. The second-order valence-corrected chi connectivity index (χ2v) is 5.67. The molecule has 2 aromatic rings. The summed E-state index contributed by atoms with van der Waals surface area (Å²) in [7, 11) is 0. The third-order valence-corrected chi connectivity index (χ3v) is 4.25. The molecule has 100 valence electrons. The van der Waals surface area contributed by atoms with Gasteiger partial charge in [0, 0.05) is 11.6 Å². The SMILES string of the molecule is Nc1c(Cl)cc(-c2nncn2C2CCCC2)cc1Cl. The average molecular weight is 297 g/mol. The Hall–Kier alpha value is -1.26. The van der Waals surface area contributed by atoms with Gasteiger partial charge >= 0.3 is 0 Å². The molecule has 0 atom stereocenters. The second-order valence-electron chi connectivity index (χ2n) is 4.85. The quantitative estimate of drug-likeness (QED) is 0.854. The zero-order valence-corrected chi connectivity index (χ0v) is 11.8. The van der Waals surface area contributed by atoms with Crippen LogP contribution in [0.25, 0.3) is 11.4 Å². The van der Waals surface area contributed by atoms with Gasteiger partial charge in [-0.1, -0.05) is 36.0 Å². The molecule has 0 unspecified atom stereocenters. The lowest BCUT2D eigenvalue weighted by Gasteiger charge is -2.14. The molecule has 19 heavy (non-hydrogen) atoms. The van der Waals surface area contributed by atoms with Gasteiger partial charge in [-0.05, 0) is 25.0 Å². The summed E-state index contributed by atoms with van der Waals surface area (Å²) in [6.45, 7) is 0. The standard InChI is InChI=1S/C13H14Cl2N4/c14-10-5-8(6-11(15)12(10)16)13-18-17-7-19(13)9-3-1-2-4-9/h5-7,9H,1-4,16H2. The molecule has 1 aliphatic rings. The van der Waals surface area contributed by atoms with Gasteiger partial charge in [0.15, 0.2) is 5.82 Å². The minimum atomic E-state index is 0.402. The van der Waals surface area contributed by atoms with E-state index < -0.39 is 0 Å². The number of anilines is 1. The monoisotopic (exact) mass is 296 g/mol. The fraction of sp³-hybridized carbons (Fsp3) is 0.385. The molecule has 1 saturated carbocycles. The van der Waals surface area contributed by atoms with Crippen LogP contribution in [0.3, 0.4) is 0 Å². The summed E-state index contributed by atoms with van der Waals surface area (Å²) in [5, 5.41) is 9.11. The molecule has 1 fully saturated rings. The number of nitrogens with zero attached hydrogens (tertiary/aromatic N) is 3. The van der Waals surface area contributed by atoms with Crippen molar-refractivity contribution in [3.05, 3.63) is 28.5 Å². The zero-order valence-electron chi connectivity index (χ0n) is 10.3. The summed E-state index contributed by atoms with van der Waals surface area (Å²) in [6, 6.07) is 4.05. The van der Waals surface area contributed by atoms with Crippen molar-refractivity contribution in [1.29, 1.82) is 0 Å². The van der Waals surface area contributed by atoms with E-state index in [0.29, 0.717) is 21.8 Å². The molecule has 2 N–H and O–H groups in total. The lowest BCUT2D eigenvalue weighted by molar-refractivity contribution is 0.522. The van der Waals surface area contributed by atoms with Crippen molar-refractivity contribution < 1.29 is 0 Å². The fourth-order valence-corrected chi connectivity index (χ4v) is 3.10. The largest absolute Gasteiger partial charge is 0.396 e. The smallest absolute Gasteiger partial charge is 0.164 e. The van der Waals surface area contributed by atoms with E-state index >= 15 is 0 Å². The Bertz CT molecular complexity index is 579. The van der Waals surface area contributed by atoms with Gasteiger partial charge in [0.2, 0.25) is 0 Å². The van der Waals surface area contributed by atoms with Gasteiger partial charge in [-0.2, -0.15) is 0 Å². The van der Waals surface area contributed by atoms with E-state index in [0.717, 1.165) is 11.4 Å². The minimum absolute atomic E-state index is 0.402. The number of benzene rings is 1. The van der Waals surface area contributed by atoms with Crippen LogP contribution in [0.1, 0.15) is 31.7 Å². The molecule has 6 heteroatoms. The first kappa shape index (κ1) is 12.8. The summed E-state index contributed by atoms with van der Waals surface area (Å²) < 4.78 is 2.12. The summed E-state index contributed by atoms with van der Waals surface area (Å²) in [4.78, 5) is 0. The third-order valence-electron chi connectivity index (χ3n) is 3.63. The molecule has 3 rings (SSSR count). The van der Waals surface area contributed by atoms with E-state index in [4.69, 9.17) is 28.9 Å². The van der Waals surface area contributed by atoms with E-state index in [1.165, 1.54) is 25.7 Å². The van der Waals surface area contributed by atoms with Gasteiger partial charge < -0.3 is 10.3 Å². The number of nitrogen functional groups attached to an aromatic ring is 1. The van der Waals surface area contributed by atoms with Crippen LogP contribution in [-0.2, 0) is 0 Å². The summed E-state index contributed by atoms with van der Waals surface area (Å²) in [5.41, 5.74) is 7.01. The Kier molecular flexibility index (Phi) is 3.37. The number of hydrogen-bond acceptors (Lipinski definition) is 3. The molecule has 0 saturated heterocycles. The molecule has 4 nitrogen and oxygen atoms in total. The summed E-state index contributed by atoms with van der Waals surface area (Å²) >= 11 is 12.2. The molecule has 1 heterocycles. The maximum absolute atomic E-state index is 6.08. The molecule has 0 aliphatic heterocycles. The van der Waals surface area contributed by atoms with Crippen molar-refractivity contribution >= 4 is 28.9 Å². The van der Waals surface area contributed by atoms with E-state index in [9.17, 15) is 0 Å². The van der Waals surface area contributed by atoms with E-state index in [1.54, 1.807) is 18.5 Å². The Morgan fingerprint density at radius 3 is 2.42 bits per heavy atom. The van der Waals surface area contributed by atoms with Crippen LogP contribution < -0.4 is 5.73 Å². The van der Waals surface area contributed by atoms with E-state index in [-0.39, 0.29) is 0 Å². The van der Waals surface area contributed by atoms with Crippen molar-refractivity contribution in [2.45, 2.75) is 31.7 Å². The lowest BCUT2D eigenvalue weighted by atomic mass is 10.1. The Labute approximate surface area is 121 Å². The first-order valence-corrected chi connectivity index (χ1v) is 7.07. The van der Waals surface area contributed by atoms with Gasteiger partial charge in [0.25, 0.3) is 0 Å². The van der Waals surface area contributed by atoms with Crippen molar-refractivity contribution in [3.8, 4) is 11.4 Å². The number of halogens is 2. The number of nitrogens with two attached hydrogens (primary N) is 1. The van der Waals surface area contributed by atoms with Crippen LogP contribution in [0.5, 0.6) is 0 Å². The Morgan fingerprint density at radius 1 is 1.16 bits per heavy atom. The molecular weight excluding hydrogens is 283 g/mol. The highest BCUT2D eigenvalue weighted by atomic mass is 35.5. The number of rotatable bonds is 2. The topological polar surface area (TPSA) is 56.7 Å². The van der Waals surface area contributed by atoms with Crippen molar-refractivity contribution in [2.24, 2.45) is 0 Å². The highest BCUT2D eigenvalue weighted by Gasteiger charge is 2.21. The third kappa shape index (κ3) is 2.30. The van der Waals surface area contributed by atoms with E-state index in [1.807, 2.05) is 0 Å². The highest BCUT2D eigenvalue weighted by Crippen LogP contribution is 2.36. The van der Waals surface area contributed by atoms with Crippen LogP contribution in [0.2, 0.25) is 10.0 Å². The molecular formula is C13H14Cl2N4. The summed E-state index contributed by atoms with van der Waals surface area (Å²) in [5.74, 6) is 0.802. The maximum Gasteiger partial charge on any atom is 0.164 e. The number of hydrogen-bond donors (Lipinski definition) is 1. The zero-order chi connectivity index (χ0) is 13.4. The molecule has 1 aromatic carbocycles. The highest BCUT2D eigenvalue weighted by molar-refractivity contribution is 6.39. The number of aromatic nitrogens is 3. The molecule has 0 radical (unpaired) electrons. The van der Waals surface area contributed by atoms with Crippen LogP contribution in [-0.4, -0.2) is 14.8 Å². The van der Waals surface area contributed by atoms with Crippen LogP contribution in [0.15, 0.2) is 18.5 Å². The predicted molar refractivity (Wildman–Crippen MR) is 77.4 cm³/mol. The molecule has 0 amide bonds. The average Bonchev–Trinajstić information content (AvgIpc) is 3.04. The molecule has 1 aliphatic carbocycles. The minimum Gasteiger partial charge on any atom is -0.396 e. The first-order chi connectivity index (χ1) is 9.16. The van der Waals surface area contributed by atoms with Gasteiger partial charge in [-0.25, -0.2) is 0 Å². The maximum atomic E-state index is 6.08. The Balaban J connectivity index is 2.05. The molecule has 0 bridgehead atoms. The van der Waals surface area contributed by atoms with Crippen molar-refractivity contribution in [2.75, 3.05) is 5.73 Å². The molecule has 1 aromatic heterocycles.